The maximum atomic E-state index is 13.4. The van der Waals surface area contributed by atoms with Gasteiger partial charge in [-0.2, -0.15) is 9.40 Å². The zero-order valence-electron chi connectivity index (χ0n) is 13.6. The van der Waals surface area contributed by atoms with Gasteiger partial charge in [0.2, 0.25) is 10.0 Å². The molecule has 1 fully saturated rings. The Hall–Kier alpha value is -1.77. The summed E-state index contributed by atoms with van der Waals surface area (Å²) in [6.07, 6.45) is 3.21. The molecule has 0 spiro atoms. The Morgan fingerprint density at radius 1 is 1.42 bits per heavy atom. The molecule has 1 saturated heterocycles. The van der Waals surface area contributed by atoms with Crippen molar-refractivity contribution in [1.82, 2.24) is 14.1 Å². The van der Waals surface area contributed by atoms with Crippen molar-refractivity contribution >= 4 is 10.0 Å². The summed E-state index contributed by atoms with van der Waals surface area (Å²) in [7, 11) is -3.68. The Morgan fingerprint density at radius 3 is 2.88 bits per heavy atom. The van der Waals surface area contributed by atoms with Gasteiger partial charge in [0.05, 0.1) is 23.8 Å². The maximum Gasteiger partial charge on any atom is 0.243 e. The first-order chi connectivity index (χ1) is 11.4. The molecular weight excluding hydrogens is 333 g/mol. The van der Waals surface area contributed by atoms with Crippen LogP contribution in [0.15, 0.2) is 35.5 Å². The van der Waals surface area contributed by atoms with E-state index in [2.05, 4.69) is 5.10 Å². The van der Waals surface area contributed by atoms with Crippen molar-refractivity contribution in [2.45, 2.75) is 31.4 Å². The molecular formula is C16H20FN3O3S. The van der Waals surface area contributed by atoms with E-state index in [4.69, 9.17) is 4.74 Å². The minimum atomic E-state index is -3.68. The van der Waals surface area contributed by atoms with Crippen molar-refractivity contribution in [2.75, 3.05) is 19.7 Å². The van der Waals surface area contributed by atoms with E-state index in [-0.39, 0.29) is 24.1 Å². The molecule has 6 nitrogen and oxygen atoms in total. The summed E-state index contributed by atoms with van der Waals surface area (Å²) in [5.41, 5.74) is 1.16. The van der Waals surface area contributed by atoms with Crippen LogP contribution in [0, 0.1) is 12.7 Å². The van der Waals surface area contributed by atoms with Crippen molar-refractivity contribution in [2.24, 2.45) is 0 Å². The van der Waals surface area contributed by atoms with E-state index in [1.54, 1.807) is 17.8 Å². The fourth-order valence-corrected chi connectivity index (χ4v) is 4.20. The van der Waals surface area contributed by atoms with Crippen molar-refractivity contribution in [3.8, 4) is 0 Å². The number of hydrogen-bond donors (Lipinski definition) is 0. The van der Waals surface area contributed by atoms with Crippen LogP contribution in [0.25, 0.3) is 0 Å². The Labute approximate surface area is 140 Å². The average Bonchev–Trinajstić information content (AvgIpc) is 3.06. The van der Waals surface area contributed by atoms with Crippen LogP contribution in [0.5, 0.6) is 0 Å². The fourth-order valence-electron chi connectivity index (χ4n) is 2.69. The van der Waals surface area contributed by atoms with E-state index < -0.39 is 15.8 Å². The molecule has 1 unspecified atom stereocenters. The highest BCUT2D eigenvalue weighted by atomic mass is 32.2. The van der Waals surface area contributed by atoms with Crippen molar-refractivity contribution in [3.05, 3.63) is 47.5 Å². The highest BCUT2D eigenvalue weighted by Crippen LogP contribution is 2.27. The summed E-state index contributed by atoms with van der Waals surface area (Å²) < 4.78 is 47.9. The van der Waals surface area contributed by atoms with E-state index in [1.165, 1.54) is 22.5 Å². The second-order valence-electron chi connectivity index (χ2n) is 5.76. The molecule has 1 aromatic heterocycles. The van der Waals surface area contributed by atoms with Gasteiger partial charge in [0.15, 0.2) is 0 Å². The predicted octanol–water partition coefficient (Wildman–Crippen LogP) is 2.11. The number of morpholine rings is 1. The molecule has 0 N–H and O–H groups in total. The number of benzene rings is 1. The molecule has 3 rings (SSSR count). The van der Waals surface area contributed by atoms with Gasteiger partial charge in [-0.3, -0.25) is 4.68 Å². The lowest BCUT2D eigenvalue weighted by molar-refractivity contribution is -0.00260. The molecule has 1 aromatic carbocycles. The average molecular weight is 353 g/mol. The number of hydrogen-bond acceptors (Lipinski definition) is 4. The lowest BCUT2D eigenvalue weighted by Gasteiger charge is -2.31. The molecule has 1 aliphatic rings. The number of nitrogens with zero attached hydrogens (tertiary/aromatic N) is 3. The molecule has 2 heterocycles. The highest BCUT2D eigenvalue weighted by Gasteiger charge is 2.32. The zero-order valence-corrected chi connectivity index (χ0v) is 14.5. The predicted molar refractivity (Wildman–Crippen MR) is 86.5 cm³/mol. The number of ether oxygens (including phenoxy) is 1. The Bertz CT molecular complexity index is 835. The van der Waals surface area contributed by atoms with Gasteiger partial charge in [-0.15, -0.1) is 0 Å². The maximum absolute atomic E-state index is 13.4. The van der Waals surface area contributed by atoms with Crippen LogP contribution in [0.4, 0.5) is 4.39 Å². The second kappa shape index (κ2) is 6.62. The van der Waals surface area contributed by atoms with Crippen molar-refractivity contribution < 1.29 is 17.5 Å². The summed E-state index contributed by atoms with van der Waals surface area (Å²) in [5, 5.41) is 4.20. The molecule has 2 aromatic rings. The molecule has 0 bridgehead atoms. The van der Waals surface area contributed by atoms with Crippen LogP contribution in [0.2, 0.25) is 0 Å². The molecule has 0 aliphatic carbocycles. The van der Waals surface area contributed by atoms with Crippen molar-refractivity contribution in [3.63, 3.8) is 0 Å². The van der Waals surface area contributed by atoms with Gasteiger partial charge in [-0.05, 0) is 37.6 Å². The normalized spacial score (nSPS) is 19.5. The van der Waals surface area contributed by atoms with Crippen LogP contribution < -0.4 is 0 Å². The fraction of sp³-hybridized carbons (Fsp3) is 0.438. The number of aryl methyl sites for hydroxylation is 2. The molecule has 1 atom stereocenters. The number of halogens is 1. The van der Waals surface area contributed by atoms with Gasteiger partial charge in [0, 0.05) is 31.4 Å². The van der Waals surface area contributed by atoms with E-state index in [9.17, 15) is 12.8 Å². The highest BCUT2D eigenvalue weighted by molar-refractivity contribution is 7.89. The molecule has 130 valence electrons. The third kappa shape index (κ3) is 3.22. The minimum absolute atomic E-state index is 0.103. The lowest BCUT2D eigenvalue weighted by atomic mass is 10.2. The zero-order chi connectivity index (χ0) is 17.3. The summed E-state index contributed by atoms with van der Waals surface area (Å²) in [5.74, 6) is -0.416. The summed E-state index contributed by atoms with van der Waals surface area (Å²) >= 11 is 0. The number of sulfonamides is 1. The first-order valence-electron chi connectivity index (χ1n) is 7.82. The number of aromatic nitrogens is 2. The van der Waals surface area contributed by atoms with Gasteiger partial charge >= 0.3 is 0 Å². The second-order valence-corrected chi connectivity index (χ2v) is 7.70. The van der Waals surface area contributed by atoms with Gasteiger partial charge in [-0.25, -0.2) is 12.8 Å². The summed E-state index contributed by atoms with van der Waals surface area (Å²) in [6.45, 7) is 5.07. The molecule has 0 amide bonds. The van der Waals surface area contributed by atoms with Gasteiger partial charge in [0.1, 0.15) is 5.82 Å². The molecule has 1 aliphatic heterocycles. The quantitative estimate of drug-likeness (QED) is 0.844. The lowest BCUT2D eigenvalue weighted by Crippen LogP contribution is -2.42. The molecule has 24 heavy (non-hydrogen) atoms. The van der Waals surface area contributed by atoms with E-state index in [0.717, 1.165) is 12.1 Å². The molecule has 0 saturated carbocycles. The van der Waals surface area contributed by atoms with Crippen molar-refractivity contribution in [1.29, 1.82) is 0 Å². The molecule has 0 radical (unpaired) electrons. The largest absolute Gasteiger partial charge is 0.371 e. The number of rotatable bonds is 4. The minimum Gasteiger partial charge on any atom is -0.371 e. The Morgan fingerprint density at radius 2 is 2.21 bits per heavy atom. The summed E-state index contributed by atoms with van der Waals surface area (Å²) in [6, 6.07) is 3.85. The first-order valence-corrected chi connectivity index (χ1v) is 9.26. The van der Waals surface area contributed by atoms with Crippen LogP contribution >= 0.6 is 0 Å². The van der Waals surface area contributed by atoms with Crippen LogP contribution in [-0.2, 0) is 21.3 Å². The SMILES string of the molecule is CCn1cc(C2CN(S(=O)(=O)c3ccc(F)c(C)c3)CCO2)cn1. The molecule has 8 heteroatoms. The van der Waals surface area contributed by atoms with Crippen LogP contribution in [0.3, 0.4) is 0 Å². The van der Waals surface area contributed by atoms with Gasteiger partial charge < -0.3 is 4.74 Å². The monoisotopic (exact) mass is 353 g/mol. The van der Waals surface area contributed by atoms with Crippen LogP contribution in [0.1, 0.15) is 24.2 Å². The van der Waals surface area contributed by atoms with Gasteiger partial charge in [-0.1, -0.05) is 0 Å². The standard InChI is InChI=1S/C16H20FN3O3S/c1-3-19-10-13(9-18-19)16-11-20(6-7-23-16)24(21,22)14-4-5-15(17)12(2)8-14/h4-5,8-10,16H,3,6-7,11H2,1-2H3. The van der Waals surface area contributed by atoms with E-state index in [0.29, 0.717) is 12.2 Å². The topological polar surface area (TPSA) is 64.4 Å². The smallest absolute Gasteiger partial charge is 0.243 e. The third-order valence-corrected chi connectivity index (χ3v) is 6.01. The first kappa shape index (κ1) is 17.1. The van der Waals surface area contributed by atoms with Gasteiger partial charge in [0.25, 0.3) is 0 Å². The third-order valence-electron chi connectivity index (χ3n) is 4.15. The Balaban J connectivity index is 1.83. The Kier molecular flexibility index (Phi) is 4.71. The van der Waals surface area contributed by atoms with E-state index in [1.807, 2.05) is 13.1 Å². The summed E-state index contributed by atoms with van der Waals surface area (Å²) in [4.78, 5) is 0.103. The van der Waals surface area contributed by atoms with E-state index >= 15 is 0 Å². The van der Waals surface area contributed by atoms with Crippen LogP contribution in [-0.4, -0.2) is 42.2 Å².